The number of carbonyl (C=O) groups excluding carboxylic acids is 2. The van der Waals surface area contributed by atoms with Gasteiger partial charge in [-0.15, -0.1) is 0 Å². The van der Waals surface area contributed by atoms with Crippen LogP contribution in [0.25, 0.3) is 6.08 Å². The number of carbonyl (C=O) groups is 2. The van der Waals surface area contributed by atoms with Crippen LogP contribution in [0.3, 0.4) is 0 Å². The first-order valence-corrected chi connectivity index (χ1v) is 11.9. The summed E-state index contributed by atoms with van der Waals surface area (Å²) in [7, 11) is 0. The molecule has 0 spiro atoms. The lowest BCUT2D eigenvalue weighted by molar-refractivity contribution is -0.123. The average Bonchev–Trinajstić information content (AvgIpc) is 3.08. The molecule has 0 unspecified atom stereocenters. The van der Waals surface area contributed by atoms with E-state index in [1.54, 1.807) is 36.4 Å². The molecule has 1 aliphatic rings. The molecule has 35 heavy (non-hydrogen) atoms. The molecule has 1 aliphatic heterocycles. The monoisotopic (exact) mass is 590 g/mol. The number of nitrogens with zero attached hydrogens (tertiary/aromatic N) is 1. The molecule has 0 radical (unpaired) electrons. The maximum atomic E-state index is 14.0. The predicted molar refractivity (Wildman–Crippen MR) is 135 cm³/mol. The van der Waals surface area contributed by atoms with Gasteiger partial charge in [-0.05, 0) is 65.4 Å². The molecule has 0 saturated carbocycles. The number of ether oxygens (including phenoxy) is 2. The zero-order chi connectivity index (χ0) is 24.9. The van der Waals surface area contributed by atoms with Crippen molar-refractivity contribution in [2.75, 3.05) is 6.61 Å². The second kappa shape index (κ2) is 10.9. The summed E-state index contributed by atoms with van der Waals surface area (Å²) in [6, 6.07) is 15.1. The zero-order valence-electron chi connectivity index (χ0n) is 18.7. The third kappa shape index (κ3) is 5.61. The Morgan fingerprint density at radius 1 is 0.971 bits per heavy atom. The summed E-state index contributed by atoms with van der Waals surface area (Å²) in [6.45, 7) is 2.01. The predicted octanol–water partition coefficient (Wildman–Crippen LogP) is 5.64. The van der Waals surface area contributed by atoms with Gasteiger partial charge in [-0.3, -0.25) is 9.69 Å². The number of nitrogens with one attached hydrogen (secondary N) is 1. The number of hydrogen-bond acceptors (Lipinski definition) is 4. The van der Waals surface area contributed by atoms with Crippen LogP contribution in [0, 0.1) is 15.2 Å². The summed E-state index contributed by atoms with van der Waals surface area (Å²) in [4.78, 5) is 26.2. The summed E-state index contributed by atoms with van der Waals surface area (Å²) in [5.41, 5.74) is 1.30. The summed E-state index contributed by atoms with van der Waals surface area (Å²) in [5, 5.41) is 2.54. The van der Waals surface area contributed by atoms with Gasteiger partial charge >= 0.3 is 6.03 Å². The molecule has 1 fully saturated rings. The first kappa shape index (κ1) is 24.6. The number of amides is 3. The van der Waals surface area contributed by atoms with Crippen LogP contribution in [0.15, 0.2) is 66.4 Å². The summed E-state index contributed by atoms with van der Waals surface area (Å²) in [6.07, 6.45) is 1.52. The highest BCUT2D eigenvalue weighted by atomic mass is 127. The van der Waals surface area contributed by atoms with E-state index in [-0.39, 0.29) is 30.2 Å². The minimum atomic E-state index is -0.630. The van der Waals surface area contributed by atoms with Crippen molar-refractivity contribution >= 4 is 40.6 Å². The highest BCUT2D eigenvalue weighted by Crippen LogP contribution is 2.36. The second-order valence-electron chi connectivity index (χ2n) is 7.61. The Morgan fingerprint density at radius 3 is 2.29 bits per heavy atom. The standard InChI is InChI=1S/C26H21F2IN2O4/c1-2-34-23-13-16(11-21(29)24(23)35-15-18-8-4-6-10-20(18)28)12-22-25(32)31(26(33)30-22)14-17-7-3-5-9-19(17)27/h3-13H,2,14-15H2,1H3,(H,30,33)/b22-12+. The van der Waals surface area contributed by atoms with E-state index >= 15 is 0 Å². The van der Waals surface area contributed by atoms with Crippen molar-refractivity contribution in [2.24, 2.45) is 0 Å². The van der Waals surface area contributed by atoms with Gasteiger partial charge in [0.2, 0.25) is 0 Å². The molecule has 0 aliphatic carbocycles. The minimum Gasteiger partial charge on any atom is -0.490 e. The average molecular weight is 590 g/mol. The lowest BCUT2D eigenvalue weighted by atomic mass is 10.1. The van der Waals surface area contributed by atoms with Gasteiger partial charge < -0.3 is 14.8 Å². The highest BCUT2D eigenvalue weighted by Gasteiger charge is 2.34. The van der Waals surface area contributed by atoms with Crippen molar-refractivity contribution in [1.29, 1.82) is 0 Å². The molecule has 1 saturated heterocycles. The number of halogens is 3. The van der Waals surface area contributed by atoms with Crippen LogP contribution in [0.4, 0.5) is 13.6 Å². The largest absolute Gasteiger partial charge is 0.490 e. The highest BCUT2D eigenvalue weighted by molar-refractivity contribution is 14.1. The van der Waals surface area contributed by atoms with Gasteiger partial charge in [-0.1, -0.05) is 36.4 Å². The number of benzene rings is 3. The molecule has 9 heteroatoms. The Kier molecular flexibility index (Phi) is 7.64. The van der Waals surface area contributed by atoms with Gasteiger partial charge in [0.1, 0.15) is 23.9 Å². The quantitative estimate of drug-likeness (QED) is 0.210. The fraction of sp³-hybridized carbons (Fsp3) is 0.154. The maximum absolute atomic E-state index is 14.0. The van der Waals surface area contributed by atoms with E-state index in [0.29, 0.717) is 32.8 Å². The fourth-order valence-electron chi connectivity index (χ4n) is 3.52. The van der Waals surface area contributed by atoms with Crippen LogP contribution >= 0.6 is 22.6 Å². The molecule has 6 nitrogen and oxygen atoms in total. The van der Waals surface area contributed by atoms with Gasteiger partial charge in [-0.25, -0.2) is 13.6 Å². The minimum absolute atomic E-state index is 0.0166. The first-order valence-electron chi connectivity index (χ1n) is 10.8. The van der Waals surface area contributed by atoms with Crippen LogP contribution in [0.2, 0.25) is 0 Å². The van der Waals surface area contributed by atoms with Crippen molar-refractivity contribution in [3.05, 3.63) is 98.3 Å². The Hall–Kier alpha value is -3.47. The van der Waals surface area contributed by atoms with Crippen molar-refractivity contribution in [3.63, 3.8) is 0 Å². The molecule has 180 valence electrons. The van der Waals surface area contributed by atoms with Crippen molar-refractivity contribution in [1.82, 2.24) is 10.2 Å². The first-order chi connectivity index (χ1) is 16.9. The van der Waals surface area contributed by atoms with Crippen LogP contribution in [-0.2, 0) is 17.9 Å². The van der Waals surface area contributed by atoms with E-state index in [0.717, 1.165) is 4.90 Å². The van der Waals surface area contributed by atoms with Gasteiger partial charge in [0.05, 0.1) is 16.7 Å². The molecule has 0 atom stereocenters. The lowest BCUT2D eigenvalue weighted by Crippen LogP contribution is -2.30. The maximum Gasteiger partial charge on any atom is 0.329 e. The molecule has 0 aromatic heterocycles. The summed E-state index contributed by atoms with van der Waals surface area (Å²) >= 11 is 2.07. The number of hydrogen-bond donors (Lipinski definition) is 1. The van der Waals surface area contributed by atoms with Gasteiger partial charge in [0.25, 0.3) is 5.91 Å². The van der Waals surface area contributed by atoms with Crippen molar-refractivity contribution in [3.8, 4) is 11.5 Å². The van der Waals surface area contributed by atoms with Crippen LogP contribution < -0.4 is 14.8 Å². The van der Waals surface area contributed by atoms with Gasteiger partial charge in [0, 0.05) is 11.1 Å². The molecule has 3 aromatic rings. The third-order valence-electron chi connectivity index (χ3n) is 5.22. The van der Waals surface area contributed by atoms with E-state index in [9.17, 15) is 18.4 Å². The Balaban J connectivity index is 1.57. The SMILES string of the molecule is CCOc1cc(/C=C2/NC(=O)N(Cc3ccccc3F)C2=O)cc(I)c1OCc1ccccc1F. The van der Waals surface area contributed by atoms with Gasteiger partial charge in [0.15, 0.2) is 11.5 Å². The second-order valence-corrected chi connectivity index (χ2v) is 8.78. The number of imide groups is 1. The van der Waals surface area contributed by atoms with Crippen LogP contribution in [0.1, 0.15) is 23.6 Å². The van der Waals surface area contributed by atoms with Crippen LogP contribution in [-0.4, -0.2) is 23.4 Å². The molecular formula is C26H21F2IN2O4. The molecule has 1 N–H and O–H groups in total. The summed E-state index contributed by atoms with van der Waals surface area (Å²) in [5.74, 6) is -0.556. The third-order valence-corrected chi connectivity index (χ3v) is 6.02. The molecular weight excluding hydrogens is 569 g/mol. The van der Waals surface area contributed by atoms with E-state index in [4.69, 9.17) is 9.47 Å². The lowest BCUT2D eigenvalue weighted by Gasteiger charge is -2.15. The Morgan fingerprint density at radius 2 is 1.63 bits per heavy atom. The van der Waals surface area contributed by atoms with Gasteiger partial charge in [-0.2, -0.15) is 0 Å². The van der Waals surface area contributed by atoms with E-state index in [1.807, 2.05) is 6.92 Å². The molecule has 3 amide bonds. The van der Waals surface area contributed by atoms with E-state index in [1.165, 1.54) is 30.3 Å². The molecule has 3 aromatic carbocycles. The Bertz CT molecular complexity index is 1310. The topological polar surface area (TPSA) is 67.9 Å². The zero-order valence-corrected chi connectivity index (χ0v) is 20.8. The van der Waals surface area contributed by atoms with Crippen molar-refractivity contribution < 1.29 is 27.8 Å². The smallest absolute Gasteiger partial charge is 0.329 e. The molecule has 0 bridgehead atoms. The molecule has 4 rings (SSSR count). The fourth-order valence-corrected chi connectivity index (χ4v) is 4.30. The Labute approximate surface area is 214 Å². The van der Waals surface area contributed by atoms with Crippen molar-refractivity contribution in [2.45, 2.75) is 20.1 Å². The number of urea groups is 1. The van der Waals surface area contributed by atoms with E-state index < -0.39 is 17.8 Å². The normalized spacial score (nSPS) is 14.4. The van der Waals surface area contributed by atoms with Crippen LogP contribution in [0.5, 0.6) is 11.5 Å². The van der Waals surface area contributed by atoms with E-state index in [2.05, 4.69) is 27.9 Å². The molecule has 1 heterocycles. The number of rotatable bonds is 8. The summed E-state index contributed by atoms with van der Waals surface area (Å²) < 4.78 is 40.3.